The van der Waals surface area contributed by atoms with Gasteiger partial charge in [-0.1, -0.05) is 148 Å². The first-order valence-electron chi connectivity index (χ1n) is 19.3. The minimum atomic E-state index is -0.357. The predicted molar refractivity (Wildman–Crippen MR) is 230 cm³/mol. The van der Waals surface area contributed by atoms with Gasteiger partial charge >= 0.3 is 6.85 Å². The molecule has 0 aliphatic heterocycles. The topological polar surface area (TPSA) is 64.2 Å². The Kier molecular flexibility index (Phi) is 8.15. The summed E-state index contributed by atoms with van der Waals surface area (Å²) >= 11 is 0. The normalized spacial score (nSPS) is 11.8. The van der Waals surface area contributed by atoms with E-state index in [0.717, 1.165) is 67.0 Å². The number of benzene rings is 6. The van der Waals surface area contributed by atoms with Crippen molar-refractivity contribution in [3.8, 4) is 39.5 Å². The minimum Gasteiger partial charge on any atom is -0.513 e. The third-order valence-electron chi connectivity index (χ3n) is 10.9. The van der Waals surface area contributed by atoms with Crippen LogP contribution in [0.5, 0.6) is 5.75 Å². The molecular formula is C49H39BN6O. The lowest BCUT2D eigenvalue weighted by molar-refractivity contribution is -0.508. The van der Waals surface area contributed by atoms with Crippen molar-refractivity contribution in [2.45, 2.75) is 26.2 Å². The van der Waals surface area contributed by atoms with Crippen LogP contribution >= 0.6 is 0 Å². The maximum Gasteiger partial charge on any atom is 0.447 e. The number of aromatic hydroxyl groups is 1. The Morgan fingerprint density at radius 1 is 0.632 bits per heavy atom. The molecule has 0 aliphatic rings. The summed E-state index contributed by atoms with van der Waals surface area (Å²) in [6.45, 7) is 6.31. The lowest BCUT2D eigenvalue weighted by Gasteiger charge is -2.20. The number of hydrogen-bond acceptors (Lipinski definition) is 3. The van der Waals surface area contributed by atoms with Gasteiger partial charge in [0, 0.05) is 17.9 Å². The highest BCUT2D eigenvalue weighted by Gasteiger charge is 2.32. The molecule has 57 heavy (non-hydrogen) atoms. The Hall–Kier alpha value is -7.19. The molecule has 0 aliphatic carbocycles. The first-order valence-corrected chi connectivity index (χ1v) is 19.3. The van der Waals surface area contributed by atoms with Crippen LogP contribution in [-0.2, 0) is 5.41 Å². The summed E-state index contributed by atoms with van der Waals surface area (Å²) in [6.07, 6.45) is 7.81. The SMILES string of the molecule is CC(C)(C)c1ccc2c(c1)n(-c1cc(-c3ccccc3-c3ccccc3)ccc1O)[c-][n+]2B(c1ccccc1)c1cccc(-n2ccn3c4ccccc4nc23)n1. The fourth-order valence-corrected chi connectivity index (χ4v) is 7.98. The molecule has 4 aromatic heterocycles. The first kappa shape index (κ1) is 34.3. The summed E-state index contributed by atoms with van der Waals surface area (Å²) < 4.78 is 8.32. The molecule has 10 rings (SSSR count). The van der Waals surface area contributed by atoms with Crippen LogP contribution in [0.3, 0.4) is 0 Å². The second-order valence-electron chi connectivity index (χ2n) is 15.5. The average molecular weight is 739 g/mol. The number of pyridine rings is 1. The highest BCUT2D eigenvalue weighted by molar-refractivity contribution is 6.77. The number of imidazole rings is 3. The van der Waals surface area contributed by atoms with Crippen molar-refractivity contribution >= 4 is 45.7 Å². The molecule has 0 bridgehead atoms. The van der Waals surface area contributed by atoms with Gasteiger partial charge in [-0.05, 0) is 75.1 Å². The monoisotopic (exact) mass is 738 g/mol. The molecule has 7 nitrogen and oxygen atoms in total. The van der Waals surface area contributed by atoms with Crippen LogP contribution in [0.25, 0.3) is 61.6 Å². The Bertz CT molecular complexity index is 3080. The van der Waals surface area contributed by atoms with Crippen molar-refractivity contribution in [2.24, 2.45) is 0 Å². The molecule has 274 valence electrons. The molecule has 0 unspecified atom stereocenters. The van der Waals surface area contributed by atoms with E-state index in [0.29, 0.717) is 5.69 Å². The Morgan fingerprint density at radius 3 is 2.14 bits per heavy atom. The zero-order valence-corrected chi connectivity index (χ0v) is 32.0. The largest absolute Gasteiger partial charge is 0.513 e. The lowest BCUT2D eigenvalue weighted by Crippen LogP contribution is -2.66. The zero-order chi connectivity index (χ0) is 38.7. The van der Waals surface area contributed by atoms with Crippen molar-refractivity contribution in [2.75, 3.05) is 0 Å². The molecule has 0 atom stereocenters. The van der Waals surface area contributed by atoms with E-state index in [9.17, 15) is 5.11 Å². The fourth-order valence-electron chi connectivity index (χ4n) is 7.98. The van der Waals surface area contributed by atoms with Crippen LogP contribution in [0.2, 0.25) is 0 Å². The van der Waals surface area contributed by atoms with E-state index in [1.807, 2.05) is 64.0 Å². The number of phenols is 1. The van der Waals surface area contributed by atoms with Gasteiger partial charge in [0.15, 0.2) is 0 Å². The number of nitrogens with zero attached hydrogens (tertiary/aromatic N) is 6. The van der Waals surface area contributed by atoms with Gasteiger partial charge < -0.3 is 14.2 Å². The highest BCUT2D eigenvalue weighted by Crippen LogP contribution is 2.36. The van der Waals surface area contributed by atoms with Gasteiger partial charge in [0.2, 0.25) is 12.1 Å². The van der Waals surface area contributed by atoms with Gasteiger partial charge in [0.1, 0.15) is 11.6 Å². The summed E-state index contributed by atoms with van der Waals surface area (Å²) in [5, 5.41) is 11.7. The number of fused-ring (bicyclic) bond motifs is 4. The molecule has 8 heteroatoms. The summed E-state index contributed by atoms with van der Waals surface area (Å²) in [4.78, 5) is 10.3. The number of para-hydroxylation sites is 2. The molecule has 0 radical (unpaired) electrons. The quantitative estimate of drug-likeness (QED) is 0.132. The Morgan fingerprint density at radius 2 is 1.35 bits per heavy atom. The highest BCUT2D eigenvalue weighted by atomic mass is 16.3. The van der Waals surface area contributed by atoms with Gasteiger partial charge in [-0.25, -0.2) is 9.97 Å². The second-order valence-corrected chi connectivity index (χ2v) is 15.5. The van der Waals surface area contributed by atoms with E-state index in [-0.39, 0.29) is 18.0 Å². The molecule has 0 spiro atoms. The molecule has 0 saturated carbocycles. The van der Waals surface area contributed by atoms with Gasteiger partial charge in [-0.15, -0.1) is 0 Å². The molecule has 0 saturated heterocycles. The second kappa shape index (κ2) is 13.5. The summed E-state index contributed by atoms with van der Waals surface area (Å²) in [6, 6.07) is 56.1. The van der Waals surface area contributed by atoms with Crippen molar-refractivity contribution in [1.82, 2.24) is 23.5 Å². The van der Waals surface area contributed by atoms with Crippen LogP contribution in [-0.4, -0.2) is 35.5 Å². The Balaban J connectivity index is 1.18. The smallest absolute Gasteiger partial charge is 0.447 e. The summed E-state index contributed by atoms with van der Waals surface area (Å²) in [5.74, 6) is 1.73. The number of rotatable bonds is 7. The maximum atomic E-state index is 11.7. The van der Waals surface area contributed by atoms with Crippen molar-refractivity contribution in [3.63, 3.8) is 0 Å². The molecule has 0 fully saturated rings. The fraction of sp³-hybridized carbons (Fsp3) is 0.0816. The van der Waals surface area contributed by atoms with E-state index in [4.69, 9.17) is 9.97 Å². The van der Waals surface area contributed by atoms with Crippen LogP contribution in [0.1, 0.15) is 26.3 Å². The lowest BCUT2D eigenvalue weighted by atomic mass is 9.52. The van der Waals surface area contributed by atoms with Gasteiger partial charge in [0.25, 0.3) is 0 Å². The maximum absolute atomic E-state index is 11.7. The van der Waals surface area contributed by atoms with Gasteiger partial charge in [-0.2, -0.15) is 0 Å². The minimum absolute atomic E-state index is 0.110. The number of hydrogen-bond donors (Lipinski definition) is 1. The summed E-state index contributed by atoms with van der Waals surface area (Å²) in [7, 11) is 0. The van der Waals surface area contributed by atoms with E-state index in [2.05, 4.69) is 151 Å². The molecule has 1 N–H and O–H groups in total. The van der Waals surface area contributed by atoms with Gasteiger partial charge in [-0.3, -0.25) is 8.97 Å². The van der Waals surface area contributed by atoms with E-state index >= 15 is 0 Å². The molecule has 6 aromatic carbocycles. The van der Waals surface area contributed by atoms with Crippen molar-refractivity contribution < 1.29 is 9.58 Å². The first-order chi connectivity index (χ1) is 27.8. The van der Waals surface area contributed by atoms with E-state index in [1.54, 1.807) is 6.07 Å². The third kappa shape index (κ3) is 5.97. The molecular weight excluding hydrogens is 699 g/mol. The van der Waals surface area contributed by atoms with Crippen molar-refractivity contribution in [3.05, 3.63) is 188 Å². The average Bonchev–Trinajstić information content (AvgIpc) is 3.94. The molecule has 4 heterocycles. The van der Waals surface area contributed by atoms with Crippen LogP contribution in [0.15, 0.2) is 176 Å². The van der Waals surface area contributed by atoms with E-state index in [1.165, 1.54) is 5.56 Å². The van der Waals surface area contributed by atoms with Gasteiger partial charge in [0.05, 0.1) is 27.8 Å². The number of aromatic nitrogens is 6. The van der Waals surface area contributed by atoms with Crippen LogP contribution in [0.4, 0.5) is 0 Å². The molecule has 10 aromatic rings. The predicted octanol–water partition coefficient (Wildman–Crippen LogP) is 8.70. The number of phenolic OH excluding ortho intramolecular Hbond substituents is 1. The van der Waals surface area contributed by atoms with Crippen LogP contribution < -0.4 is 15.5 Å². The Labute approximate surface area is 331 Å². The standard InChI is InChI=1S/C49H39BN6O/c1-49(2,3)36-26-27-42-43(32-36)55(44-31-35(25-28-45(44)57)39-20-11-10-19-38(39)34-15-6-4-7-16-34)33-56(42)50(37-17-8-5-9-18-37)46-23-14-24-47(52-46)54-30-29-53-41-22-13-12-21-40(41)51-48(53)54/h4-32,57H,1-3H3. The molecule has 0 amide bonds. The zero-order valence-electron chi connectivity index (χ0n) is 32.0. The van der Waals surface area contributed by atoms with Crippen molar-refractivity contribution in [1.29, 1.82) is 0 Å². The summed E-state index contributed by atoms with van der Waals surface area (Å²) in [5.41, 5.74) is 11.8. The van der Waals surface area contributed by atoms with E-state index < -0.39 is 0 Å². The third-order valence-corrected chi connectivity index (χ3v) is 10.9. The van der Waals surface area contributed by atoms with Crippen LogP contribution in [0, 0.1) is 6.33 Å².